The number of fused-ring (bicyclic) bond motifs is 1. The monoisotopic (exact) mass is 371 g/mol. The van der Waals surface area contributed by atoms with E-state index >= 15 is 0 Å². The maximum absolute atomic E-state index is 11.3. The van der Waals surface area contributed by atoms with E-state index in [1.54, 1.807) is 10.8 Å². The average Bonchev–Trinajstić information content (AvgIpc) is 3.09. The lowest BCUT2D eigenvalue weighted by molar-refractivity contribution is 0.298. The molecule has 0 aliphatic carbocycles. The van der Waals surface area contributed by atoms with Crippen LogP contribution in [0.2, 0.25) is 0 Å². The van der Waals surface area contributed by atoms with E-state index in [2.05, 4.69) is 57.6 Å². The van der Waals surface area contributed by atoms with Crippen LogP contribution in [0.25, 0.3) is 16.8 Å². The molecule has 7 heteroatoms. The zero-order valence-corrected chi connectivity index (χ0v) is 16.3. The molecule has 3 aromatic rings. The van der Waals surface area contributed by atoms with Crippen molar-refractivity contribution in [2.24, 2.45) is 0 Å². The van der Waals surface area contributed by atoms with Gasteiger partial charge in [0.05, 0.1) is 0 Å². The van der Waals surface area contributed by atoms with Crippen molar-refractivity contribution in [3.63, 3.8) is 0 Å². The number of rotatable bonds is 8. The summed E-state index contributed by atoms with van der Waals surface area (Å²) in [5.41, 5.74) is 4.26. The van der Waals surface area contributed by atoms with E-state index in [9.17, 15) is 4.21 Å². The second-order valence-electron chi connectivity index (χ2n) is 6.22. The van der Waals surface area contributed by atoms with Gasteiger partial charge in [-0.15, -0.1) is 5.10 Å². The van der Waals surface area contributed by atoms with Gasteiger partial charge in [0.1, 0.15) is 0 Å². The van der Waals surface area contributed by atoms with Crippen LogP contribution in [0.1, 0.15) is 12.5 Å². The molecule has 138 valence electrons. The van der Waals surface area contributed by atoms with Crippen molar-refractivity contribution in [3.05, 3.63) is 48.2 Å². The van der Waals surface area contributed by atoms with Crippen LogP contribution in [0.5, 0.6) is 0 Å². The summed E-state index contributed by atoms with van der Waals surface area (Å²) in [6.45, 7) is 4.81. The number of nitrogens with zero attached hydrogens (tertiary/aromatic N) is 4. The largest absolute Gasteiger partial charge is 0.356 e. The highest BCUT2D eigenvalue weighted by atomic mass is 32.2. The van der Waals surface area contributed by atoms with Gasteiger partial charge < -0.3 is 5.32 Å². The molecule has 1 aromatic carbocycles. The van der Waals surface area contributed by atoms with Crippen LogP contribution in [0.4, 0.5) is 5.95 Å². The Bertz CT molecular complexity index is 891. The maximum atomic E-state index is 11.3. The van der Waals surface area contributed by atoms with Crippen molar-refractivity contribution in [3.8, 4) is 11.1 Å². The molecule has 0 aliphatic heterocycles. The van der Waals surface area contributed by atoms with Crippen LogP contribution < -0.4 is 5.32 Å². The van der Waals surface area contributed by atoms with Crippen LogP contribution in [0.3, 0.4) is 0 Å². The van der Waals surface area contributed by atoms with Gasteiger partial charge in [0, 0.05) is 54.7 Å². The Morgan fingerprint density at radius 3 is 2.65 bits per heavy atom. The summed E-state index contributed by atoms with van der Waals surface area (Å²) in [4.78, 5) is 6.85. The van der Waals surface area contributed by atoms with Crippen molar-refractivity contribution in [2.75, 3.05) is 37.5 Å². The van der Waals surface area contributed by atoms with Crippen molar-refractivity contribution in [1.82, 2.24) is 19.5 Å². The topological polar surface area (TPSA) is 62.5 Å². The zero-order valence-electron chi connectivity index (χ0n) is 15.5. The third-order valence-electron chi connectivity index (χ3n) is 4.40. The highest BCUT2D eigenvalue weighted by molar-refractivity contribution is 7.84. The summed E-state index contributed by atoms with van der Waals surface area (Å²) in [6.07, 6.45) is 3.66. The average molecular weight is 372 g/mol. The Balaban J connectivity index is 1.79. The molecule has 2 aromatic heterocycles. The molecule has 0 saturated heterocycles. The van der Waals surface area contributed by atoms with Gasteiger partial charge in [0.25, 0.3) is 0 Å². The first-order valence-corrected chi connectivity index (χ1v) is 10.5. The van der Waals surface area contributed by atoms with Crippen LogP contribution >= 0.6 is 0 Å². The van der Waals surface area contributed by atoms with Gasteiger partial charge >= 0.3 is 0 Å². The normalized spacial score (nSPS) is 12.6. The molecule has 1 atom stereocenters. The fraction of sp³-hybridized carbons (Fsp3) is 0.368. The first-order chi connectivity index (χ1) is 12.6. The second-order valence-corrected chi connectivity index (χ2v) is 7.77. The molecule has 26 heavy (non-hydrogen) atoms. The molecule has 0 bridgehead atoms. The number of aromatic nitrogens is 3. The van der Waals surface area contributed by atoms with Crippen LogP contribution in [-0.4, -0.2) is 55.9 Å². The third kappa shape index (κ3) is 4.28. The Morgan fingerprint density at radius 1 is 1.23 bits per heavy atom. The number of nitrogens with one attached hydrogen (secondary N) is 1. The number of benzene rings is 1. The molecule has 0 spiro atoms. The van der Waals surface area contributed by atoms with Gasteiger partial charge in [-0.05, 0) is 29.8 Å². The fourth-order valence-corrected chi connectivity index (χ4v) is 3.41. The quantitative estimate of drug-likeness (QED) is 0.660. The smallest absolute Gasteiger partial charge is 0.242 e. The number of pyridine rings is 1. The minimum absolute atomic E-state index is 0.612. The lowest BCUT2D eigenvalue weighted by Gasteiger charge is -2.20. The van der Waals surface area contributed by atoms with Gasteiger partial charge in [-0.2, -0.15) is 4.98 Å². The van der Waals surface area contributed by atoms with Crippen molar-refractivity contribution < 1.29 is 4.21 Å². The summed E-state index contributed by atoms with van der Waals surface area (Å²) in [6, 6.07) is 12.6. The van der Waals surface area contributed by atoms with Crippen LogP contribution in [0, 0.1) is 0 Å². The number of anilines is 1. The Kier molecular flexibility index (Phi) is 6.00. The summed E-state index contributed by atoms with van der Waals surface area (Å²) in [7, 11) is 1.07. The van der Waals surface area contributed by atoms with E-state index in [0.29, 0.717) is 11.7 Å². The van der Waals surface area contributed by atoms with Gasteiger partial charge in [-0.25, -0.2) is 4.52 Å². The van der Waals surface area contributed by atoms with E-state index in [4.69, 9.17) is 0 Å². The Labute approximate surface area is 156 Å². The van der Waals surface area contributed by atoms with Gasteiger partial charge in [0.15, 0.2) is 5.65 Å². The molecular weight excluding hydrogens is 346 g/mol. The maximum Gasteiger partial charge on any atom is 0.242 e. The molecule has 1 N–H and O–H groups in total. The van der Waals surface area contributed by atoms with Gasteiger partial charge in [-0.3, -0.25) is 9.11 Å². The molecule has 1 unspecified atom stereocenters. The number of hydrogen-bond donors (Lipinski definition) is 1. The molecule has 0 fully saturated rings. The number of hydrogen-bond acceptors (Lipinski definition) is 5. The zero-order chi connectivity index (χ0) is 18.5. The standard InChI is InChI=1S/C19H25N5OS/c1-4-23(12-13-26(3)25)14-15-7-9-16(10-8-15)17-6-5-11-24-18(17)21-19(20-2)22-24/h5-11H,4,12-14H2,1-3H3,(H,20,22). The van der Waals surface area contributed by atoms with Gasteiger partial charge in [-0.1, -0.05) is 31.2 Å². The minimum Gasteiger partial charge on any atom is -0.356 e. The highest BCUT2D eigenvalue weighted by Crippen LogP contribution is 2.24. The Hall–Kier alpha value is -2.25. The lowest BCUT2D eigenvalue weighted by atomic mass is 10.0. The van der Waals surface area contributed by atoms with Crippen LogP contribution in [0.15, 0.2) is 42.6 Å². The van der Waals surface area contributed by atoms with Crippen molar-refractivity contribution >= 4 is 22.4 Å². The SMILES string of the molecule is CCN(CCS(C)=O)Cc1ccc(-c2cccn3nc(NC)nc23)cc1. The molecule has 0 aliphatic rings. The van der Waals surface area contributed by atoms with E-state index in [0.717, 1.165) is 36.4 Å². The second kappa shape index (κ2) is 8.42. The Morgan fingerprint density at radius 2 is 2.00 bits per heavy atom. The highest BCUT2D eigenvalue weighted by Gasteiger charge is 2.10. The molecular formula is C19H25N5OS. The predicted octanol–water partition coefficient (Wildman–Crippen LogP) is 2.64. The molecule has 0 radical (unpaired) electrons. The lowest BCUT2D eigenvalue weighted by Crippen LogP contribution is -2.27. The summed E-state index contributed by atoms with van der Waals surface area (Å²) < 4.78 is 13.1. The fourth-order valence-electron chi connectivity index (χ4n) is 2.89. The first kappa shape index (κ1) is 18.5. The molecule has 2 heterocycles. The third-order valence-corrected chi connectivity index (χ3v) is 5.16. The molecule has 3 rings (SSSR count). The van der Waals surface area contributed by atoms with E-state index in [1.807, 2.05) is 19.3 Å². The van der Waals surface area contributed by atoms with Gasteiger partial charge in [0.2, 0.25) is 5.95 Å². The summed E-state index contributed by atoms with van der Waals surface area (Å²) >= 11 is 0. The van der Waals surface area contributed by atoms with E-state index < -0.39 is 10.8 Å². The van der Waals surface area contributed by atoms with Crippen molar-refractivity contribution in [2.45, 2.75) is 13.5 Å². The molecule has 0 saturated carbocycles. The van der Waals surface area contributed by atoms with E-state index in [1.165, 1.54) is 5.56 Å². The van der Waals surface area contributed by atoms with Crippen molar-refractivity contribution in [1.29, 1.82) is 0 Å². The summed E-state index contributed by atoms with van der Waals surface area (Å²) in [5, 5.41) is 7.36. The molecule has 0 amide bonds. The molecule has 6 nitrogen and oxygen atoms in total. The first-order valence-electron chi connectivity index (χ1n) is 8.75. The summed E-state index contributed by atoms with van der Waals surface area (Å²) in [5.74, 6) is 1.33. The van der Waals surface area contributed by atoms with Crippen LogP contribution in [-0.2, 0) is 17.3 Å². The van der Waals surface area contributed by atoms with E-state index in [-0.39, 0.29) is 0 Å². The predicted molar refractivity (Wildman–Crippen MR) is 108 cm³/mol. The minimum atomic E-state index is -0.749.